The Bertz CT molecular complexity index is 810. The van der Waals surface area contributed by atoms with Gasteiger partial charge in [-0.3, -0.25) is 0 Å². The highest BCUT2D eigenvalue weighted by Gasteiger charge is 2.30. The number of benzene rings is 2. The SMILES string of the molecule is Brc1ccc(CSc2nnc(C3CC3)n2Cc2ccccc2)cc1. The van der Waals surface area contributed by atoms with Gasteiger partial charge in [-0.15, -0.1) is 10.2 Å². The molecule has 0 N–H and O–H groups in total. The lowest BCUT2D eigenvalue weighted by Gasteiger charge is -2.10. The predicted molar refractivity (Wildman–Crippen MR) is 101 cm³/mol. The van der Waals surface area contributed by atoms with Gasteiger partial charge in [0, 0.05) is 16.1 Å². The second-order valence-electron chi connectivity index (χ2n) is 6.10. The highest BCUT2D eigenvalue weighted by atomic mass is 79.9. The Balaban J connectivity index is 1.54. The molecular weight excluding hydrogens is 382 g/mol. The van der Waals surface area contributed by atoms with E-state index >= 15 is 0 Å². The summed E-state index contributed by atoms with van der Waals surface area (Å²) in [4.78, 5) is 0. The average molecular weight is 400 g/mol. The lowest BCUT2D eigenvalue weighted by molar-refractivity contribution is 0.667. The number of nitrogens with zero attached hydrogens (tertiary/aromatic N) is 3. The molecule has 1 fully saturated rings. The molecule has 1 aliphatic carbocycles. The molecule has 122 valence electrons. The summed E-state index contributed by atoms with van der Waals surface area (Å²) >= 11 is 5.25. The number of aromatic nitrogens is 3. The van der Waals surface area contributed by atoms with Crippen LogP contribution in [-0.2, 0) is 12.3 Å². The second-order valence-corrected chi connectivity index (χ2v) is 7.96. The smallest absolute Gasteiger partial charge is 0.191 e. The number of thioether (sulfide) groups is 1. The van der Waals surface area contributed by atoms with E-state index in [1.165, 1.54) is 24.0 Å². The van der Waals surface area contributed by atoms with Gasteiger partial charge in [-0.05, 0) is 36.1 Å². The van der Waals surface area contributed by atoms with Crippen molar-refractivity contribution in [3.05, 3.63) is 76.0 Å². The molecule has 3 nitrogen and oxygen atoms in total. The molecule has 5 heteroatoms. The van der Waals surface area contributed by atoms with Crippen LogP contribution < -0.4 is 0 Å². The molecule has 0 bridgehead atoms. The van der Waals surface area contributed by atoms with E-state index < -0.39 is 0 Å². The van der Waals surface area contributed by atoms with Gasteiger partial charge in [0.1, 0.15) is 5.82 Å². The van der Waals surface area contributed by atoms with Crippen molar-refractivity contribution in [3.63, 3.8) is 0 Å². The second kappa shape index (κ2) is 7.11. The summed E-state index contributed by atoms with van der Waals surface area (Å²) in [5.74, 6) is 2.66. The van der Waals surface area contributed by atoms with Crippen molar-refractivity contribution in [2.24, 2.45) is 0 Å². The molecule has 1 aliphatic rings. The van der Waals surface area contributed by atoms with Gasteiger partial charge in [0.05, 0.1) is 6.54 Å². The fourth-order valence-electron chi connectivity index (χ4n) is 2.69. The van der Waals surface area contributed by atoms with Crippen LogP contribution in [0.15, 0.2) is 64.2 Å². The normalized spacial score (nSPS) is 14.0. The highest BCUT2D eigenvalue weighted by Crippen LogP contribution is 2.40. The van der Waals surface area contributed by atoms with Crippen molar-refractivity contribution in [3.8, 4) is 0 Å². The number of rotatable bonds is 6. The summed E-state index contributed by atoms with van der Waals surface area (Å²) in [6, 6.07) is 19.0. The maximum Gasteiger partial charge on any atom is 0.191 e. The van der Waals surface area contributed by atoms with E-state index in [0.29, 0.717) is 5.92 Å². The third kappa shape index (κ3) is 3.73. The minimum absolute atomic E-state index is 0.600. The Morgan fingerprint density at radius 1 is 0.958 bits per heavy atom. The van der Waals surface area contributed by atoms with E-state index in [4.69, 9.17) is 0 Å². The third-order valence-electron chi connectivity index (χ3n) is 4.15. The fraction of sp³-hybridized carbons (Fsp3) is 0.263. The summed E-state index contributed by atoms with van der Waals surface area (Å²) in [5.41, 5.74) is 2.59. The van der Waals surface area contributed by atoms with Gasteiger partial charge in [-0.1, -0.05) is 70.2 Å². The summed E-state index contributed by atoms with van der Waals surface area (Å²) in [6.45, 7) is 0.850. The first-order chi connectivity index (χ1) is 11.8. The molecule has 1 saturated carbocycles. The molecule has 4 rings (SSSR count). The quantitative estimate of drug-likeness (QED) is 0.529. The van der Waals surface area contributed by atoms with Gasteiger partial charge >= 0.3 is 0 Å². The van der Waals surface area contributed by atoms with Crippen LogP contribution in [0.2, 0.25) is 0 Å². The third-order valence-corrected chi connectivity index (χ3v) is 5.72. The molecule has 1 heterocycles. The van der Waals surface area contributed by atoms with Crippen LogP contribution in [0.4, 0.5) is 0 Å². The molecule has 2 aromatic carbocycles. The Morgan fingerprint density at radius 2 is 1.71 bits per heavy atom. The summed E-state index contributed by atoms with van der Waals surface area (Å²) in [7, 11) is 0. The number of halogens is 1. The molecule has 0 radical (unpaired) electrons. The van der Waals surface area contributed by atoms with E-state index in [2.05, 4.69) is 85.3 Å². The van der Waals surface area contributed by atoms with Gasteiger partial charge in [-0.25, -0.2) is 0 Å². The molecule has 3 aromatic rings. The van der Waals surface area contributed by atoms with Crippen LogP contribution >= 0.6 is 27.7 Å². The average Bonchev–Trinajstić information content (AvgIpc) is 3.38. The van der Waals surface area contributed by atoms with Crippen molar-refractivity contribution in [1.82, 2.24) is 14.8 Å². The largest absolute Gasteiger partial charge is 0.301 e. The summed E-state index contributed by atoms with van der Waals surface area (Å²) in [6.07, 6.45) is 2.48. The van der Waals surface area contributed by atoms with Crippen LogP contribution in [-0.4, -0.2) is 14.8 Å². The zero-order valence-corrected chi connectivity index (χ0v) is 15.6. The first kappa shape index (κ1) is 15.9. The van der Waals surface area contributed by atoms with Crippen molar-refractivity contribution < 1.29 is 0 Å². The minimum atomic E-state index is 0.600. The Hall–Kier alpha value is -1.59. The van der Waals surface area contributed by atoms with Gasteiger partial charge in [0.15, 0.2) is 5.16 Å². The van der Waals surface area contributed by atoms with E-state index in [-0.39, 0.29) is 0 Å². The zero-order valence-electron chi connectivity index (χ0n) is 13.2. The molecule has 0 atom stereocenters. The molecule has 24 heavy (non-hydrogen) atoms. The topological polar surface area (TPSA) is 30.7 Å². The molecule has 0 aliphatic heterocycles. The van der Waals surface area contributed by atoms with Crippen LogP contribution in [0, 0.1) is 0 Å². The van der Waals surface area contributed by atoms with Gasteiger partial charge in [0.25, 0.3) is 0 Å². The monoisotopic (exact) mass is 399 g/mol. The van der Waals surface area contributed by atoms with Crippen molar-refractivity contribution >= 4 is 27.7 Å². The van der Waals surface area contributed by atoms with E-state index in [1.807, 2.05) is 0 Å². The first-order valence-electron chi connectivity index (χ1n) is 8.14. The summed E-state index contributed by atoms with van der Waals surface area (Å²) < 4.78 is 3.41. The van der Waals surface area contributed by atoms with E-state index in [0.717, 1.165) is 27.8 Å². The van der Waals surface area contributed by atoms with Crippen LogP contribution in [0.3, 0.4) is 0 Å². The Labute approximate surface area is 154 Å². The van der Waals surface area contributed by atoms with Crippen molar-refractivity contribution in [1.29, 1.82) is 0 Å². The van der Waals surface area contributed by atoms with Gasteiger partial charge in [0.2, 0.25) is 0 Å². The molecule has 1 aromatic heterocycles. The molecular formula is C19H18BrN3S. The maximum atomic E-state index is 4.49. The van der Waals surface area contributed by atoms with Crippen LogP contribution in [0.25, 0.3) is 0 Å². The Morgan fingerprint density at radius 3 is 2.42 bits per heavy atom. The first-order valence-corrected chi connectivity index (χ1v) is 9.92. The predicted octanol–water partition coefficient (Wildman–Crippen LogP) is 5.26. The van der Waals surface area contributed by atoms with Crippen LogP contribution in [0.1, 0.15) is 35.7 Å². The summed E-state index contributed by atoms with van der Waals surface area (Å²) in [5, 5.41) is 9.98. The molecule has 0 unspecified atom stereocenters. The number of hydrogen-bond acceptors (Lipinski definition) is 3. The molecule has 0 spiro atoms. The highest BCUT2D eigenvalue weighted by molar-refractivity contribution is 9.10. The zero-order chi connectivity index (χ0) is 16.4. The van der Waals surface area contributed by atoms with Gasteiger partial charge < -0.3 is 4.57 Å². The van der Waals surface area contributed by atoms with Crippen LogP contribution in [0.5, 0.6) is 0 Å². The maximum absolute atomic E-state index is 4.49. The minimum Gasteiger partial charge on any atom is -0.301 e. The lowest BCUT2D eigenvalue weighted by atomic mass is 10.2. The lowest BCUT2D eigenvalue weighted by Crippen LogP contribution is -2.06. The molecule has 0 saturated heterocycles. The fourth-order valence-corrected chi connectivity index (χ4v) is 3.86. The van der Waals surface area contributed by atoms with Crippen molar-refractivity contribution in [2.45, 2.75) is 36.2 Å². The Kier molecular flexibility index (Phi) is 4.72. The van der Waals surface area contributed by atoms with E-state index in [9.17, 15) is 0 Å². The standard InChI is InChI=1S/C19H18BrN3S/c20-17-10-6-15(7-11-17)13-24-19-22-21-18(16-8-9-16)23(19)12-14-4-2-1-3-5-14/h1-7,10-11,16H,8-9,12-13H2. The van der Waals surface area contributed by atoms with E-state index in [1.54, 1.807) is 11.8 Å². The van der Waals surface area contributed by atoms with Gasteiger partial charge in [-0.2, -0.15) is 0 Å². The molecule has 0 amide bonds. The van der Waals surface area contributed by atoms with Crippen molar-refractivity contribution in [2.75, 3.05) is 0 Å². The number of hydrogen-bond donors (Lipinski definition) is 0.